The molecular weight excluding hydrogens is 524 g/mol. The Morgan fingerprint density at radius 2 is 1.63 bits per heavy atom. The minimum absolute atomic E-state index is 0.00849. The molecule has 2 aromatic carbocycles. The summed E-state index contributed by atoms with van der Waals surface area (Å²) >= 11 is 11.5. The van der Waals surface area contributed by atoms with Crippen molar-refractivity contribution in [2.24, 2.45) is 0 Å². The molecule has 0 fully saturated rings. The number of thiocarbonyl (C=S) groups is 1. The van der Waals surface area contributed by atoms with Crippen LogP contribution in [0.15, 0.2) is 54.6 Å². The molecule has 38 heavy (non-hydrogen) atoms. The van der Waals surface area contributed by atoms with Crippen molar-refractivity contribution < 1.29 is 9.90 Å². The molecule has 0 amide bonds. The van der Waals surface area contributed by atoms with Gasteiger partial charge in [0.1, 0.15) is 0 Å². The van der Waals surface area contributed by atoms with Crippen LogP contribution in [0, 0.1) is 0 Å². The van der Waals surface area contributed by atoms with E-state index in [0.29, 0.717) is 46.8 Å². The monoisotopic (exact) mass is 556 g/mol. The first-order valence-electron chi connectivity index (χ1n) is 12.4. The van der Waals surface area contributed by atoms with E-state index in [1.807, 2.05) is 36.4 Å². The third kappa shape index (κ3) is 10.7. The number of carbonyl (C=O) groups is 1. The predicted octanol–water partition coefficient (Wildman–Crippen LogP) is 4.44. The quantitative estimate of drug-likeness (QED) is 0.117. The zero-order valence-corrected chi connectivity index (χ0v) is 22.8. The highest BCUT2D eigenvalue weighted by molar-refractivity contribution is 7.80. The lowest BCUT2D eigenvalue weighted by Crippen LogP contribution is -2.37. The topological polar surface area (TPSA) is 136 Å². The number of nitrogens with zero attached hydrogens (tertiary/aromatic N) is 3. The fourth-order valence-electron chi connectivity index (χ4n) is 3.41. The summed E-state index contributed by atoms with van der Waals surface area (Å²) in [5.41, 5.74) is 1.98. The van der Waals surface area contributed by atoms with Crippen LogP contribution in [-0.4, -0.2) is 56.8 Å². The van der Waals surface area contributed by atoms with E-state index in [9.17, 15) is 4.79 Å². The fraction of sp³-hybridized carbons (Fsp3) is 0.346. The van der Waals surface area contributed by atoms with Gasteiger partial charge in [-0.15, -0.1) is 0 Å². The van der Waals surface area contributed by atoms with Crippen molar-refractivity contribution in [1.82, 2.24) is 25.6 Å². The molecule has 0 aliphatic rings. The number of hydrogen-bond donors (Lipinski definition) is 6. The van der Waals surface area contributed by atoms with Crippen molar-refractivity contribution >= 4 is 58.4 Å². The molecule has 202 valence electrons. The molecule has 0 aliphatic heterocycles. The average molecular weight is 557 g/mol. The molecule has 1 aromatic heterocycles. The van der Waals surface area contributed by atoms with Crippen molar-refractivity contribution in [2.75, 3.05) is 35.6 Å². The van der Waals surface area contributed by atoms with Crippen LogP contribution in [0.25, 0.3) is 0 Å². The Hall–Kier alpha value is -3.70. The summed E-state index contributed by atoms with van der Waals surface area (Å²) in [6, 6.07) is 17.9. The number of halogens is 1. The summed E-state index contributed by atoms with van der Waals surface area (Å²) in [6.07, 6.45) is 2.60. The Morgan fingerprint density at radius 1 is 0.947 bits per heavy atom. The molecule has 0 saturated heterocycles. The van der Waals surface area contributed by atoms with Gasteiger partial charge in [0, 0.05) is 25.7 Å². The van der Waals surface area contributed by atoms with Crippen LogP contribution in [0.4, 0.5) is 23.5 Å². The standard InChI is InChI=1S/C26H33ClN8O2S/c1-18(12-13-19-8-3-2-4-9-19)31-24-33-23(28-15-7-16-29-26(38)30-17-14-22(36)37)34-25(35-24)32-21-11-6-5-10-20(21)27/h2-6,8-11,18H,7,12-17H2,1H3,(H,36,37)(H2,29,30,38)(H3,28,31,32,33,34,35). The molecular formula is C26H33ClN8O2S. The number of nitrogens with one attached hydrogen (secondary N) is 5. The Morgan fingerprint density at radius 3 is 2.39 bits per heavy atom. The molecule has 1 atom stereocenters. The maximum atomic E-state index is 10.6. The van der Waals surface area contributed by atoms with Crippen LogP contribution in [0.2, 0.25) is 5.02 Å². The Balaban J connectivity index is 1.57. The minimum atomic E-state index is -0.871. The lowest BCUT2D eigenvalue weighted by molar-refractivity contribution is -0.136. The van der Waals surface area contributed by atoms with E-state index >= 15 is 0 Å². The first-order valence-corrected chi connectivity index (χ1v) is 13.2. The van der Waals surface area contributed by atoms with Crippen LogP contribution < -0.4 is 26.6 Å². The normalized spacial score (nSPS) is 11.3. The van der Waals surface area contributed by atoms with Crippen LogP contribution in [0.3, 0.4) is 0 Å². The molecule has 10 nitrogen and oxygen atoms in total. The molecule has 3 rings (SSSR count). The highest BCUT2D eigenvalue weighted by atomic mass is 35.5. The first-order chi connectivity index (χ1) is 18.4. The van der Waals surface area contributed by atoms with Gasteiger partial charge in [0.25, 0.3) is 0 Å². The van der Waals surface area contributed by atoms with Gasteiger partial charge < -0.3 is 31.7 Å². The van der Waals surface area contributed by atoms with E-state index in [-0.39, 0.29) is 19.0 Å². The van der Waals surface area contributed by atoms with Crippen LogP contribution >= 0.6 is 23.8 Å². The smallest absolute Gasteiger partial charge is 0.305 e. The summed E-state index contributed by atoms with van der Waals surface area (Å²) < 4.78 is 0. The van der Waals surface area contributed by atoms with Gasteiger partial charge in [0.05, 0.1) is 17.1 Å². The third-order valence-electron chi connectivity index (χ3n) is 5.39. The summed E-state index contributed by atoms with van der Waals surface area (Å²) in [5.74, 6) is 0.383. The summed E-state index contributed by atoms with van der Waals surface area (Å²) in [6.45, 7) is 3.57. The van der Waals surface area contributed by atoms with Gasteiger partial charge in [-0.2, -0.15) is 15.0 Å². The number of aliphatic carboxylic acids is 1. The maximum Gasteiger partial charge on any atom is 0.305 e. The van der Waals surface area contributed by atoms with E-state index in [1.54, 1.807) is 6.07 Å². The zero-order chi connectivity index (χ0) is 27.2. The molecule has 0 bridgehead atoms. The number of rotatable bonds is 15. The molecule has 3 aromatic rings. The van der Waals surface area contributed by atoms with E-state index in [0.717, 1.165) is 19.3 Å². The predicted molar refractivity (Wildman–Crippen MR) is 156 cm³/mol. The maximum absolute atomic E-state index is 10.6. The van der Waals surface area contributed by atoms with Gasteiger partial charge in [-0.1, -0.05) is 54.1 Å². The number of carboxylic acids is 1. The zero-order valence-electron chi connectivity index (χ0n) is 21.2. The van der Waals surface area contributed by atoms with Crippen LogP contribution in [0.5, 0.6) is 0 Å². The first kappa shape index (κ1) is 28.9. The molecule has 1 unspecified atom stereocenters. The second-order valence-electron chi connectivity index (χ2n) is 8.59. The van der Waals surface area contributed by atoms with Crippen molar-refractivity contribution in [1.29, 1.82) is 0 Å². The average Bonchev–Trinajstić information content (AvgIpc) is 2.89. The van der Waals surface area contributed by atoms with Crippen LogP contribution in [0.1, 0.15) is 31.7 Å². The van der Waals surface area contributed by atoms with Gasteiger partial charge in [-0.25, -0.2) is 0 Å². The third-order valence-corrected chi connectivity index (χ3v) is 6.00. The molecule has 6 N–H and O–H groups in total. The summed E-state index contributed by atoms with van der Waals surface area (Å²) in [7, 11) is 0. The molecule has 0 spiro atoms. The summed E-state index contributed by atoms with van der Waals surface area (Å²) in [5, 5.41) is 25.4. The minimum Gasteiger partial charge on any atom is -0.481 e. The van der Waals surface area contributed by atoms with Gasteiger partial charge in [0.2, 0.25) is 17.8 Å². The molecule has 0 aliphatic carbocycles. The van der Waals surface area contributed by atoms with Crippen molar-refractivity contribution in [3.05, 3.63) is 65.2 Å². The number of aryl methyl sites for hydroxylation is 1. The second-order valence-corrected chi connectivity index (χ2v) is 9.40. The fourth-order valence-corrected chi connectivity index (χ4v) is 3.80. The van der Waals surface area contributed by atoms with Crippen molar-refractivity contribution in [3.8, 4) is 0 Å². The van der Waals surface area contributed by atoms with E-state index in [1.165, 1.54) is 5.56 Å². The lowest BCUT2D eigenvalue weighted by atomic mass is 10.1. The molecule has 1 heterocycles. The molecule has 12 heteroatoms. The van der Waals surface area contributed by atoms with E-state index < -0.39 is 5.97 Å². The summed E-state index contributed by atoms with van der Waals surface area (Å²) in [4.78, 5) is 24.2. The number of carboxylic acid groups (broad SMARTS) is 1. The number of aromatic nitrogens is 3. The van der Waals surface area contributed by atoms with Crippen LogP contribution in [-0.2, 0) is 11.2 Å². The van der Waals surface area contributed by atoms with Crippen molar-refractivity contribution in [3.63, 3.8) is 0 Å². The van der Waals surface area contributed by atoms with Gasteiger partial charge in [-0.3, -0.25) is 4.79 Å². The largest absolute Gasteiger partial charge is 0.481 e. The second kappa shape index (κ2) is 15.5. The van der Waals surface area contributed by atoms with Gasteiger partial charge in [0.15, 0.2) is 5.11 Å². The van der Waals surface area contributed by atoms with Crippen molar-refractivity contribution in [2.45, 2.75) is 38.6 Å². The van der Waals surface area contributed by atoms with E-state index in [4.69, 9.17) is 28.9 Å². The SMILES string of the molecule is CC(CCc1ccccc1)Nc1nc(NCCCNC(=S)NCCC(=O)O)nc(Nc2ccccc2Cl)n1. The number of anilines is 4. The van der Waals surface area contributed by atoms with Gasteiger partial charge in [-0.05, 0) is 56.1 Å². The number of hydrogen-bond acceptors (Lipinski definition) is 8. The highest BCUT2D eigenvalue weighted by Crippen LogP contribution is 2.24. The Kier molecular flexibility index (Phi) is 11.8. The van der Waals surface area contributed by atoms with Gasteiger partial charge >= 0.3 is 5.97 Å². The molecule has 0 radical (unpaired) electrons. The Bertz CT molecular complexity index is 1180. The Labute approximate surface area is 233 Å². The molecule has 0 saturated carbocycles. The number of para-hydroxylation sites is 1. The highest BCUT2D eigenvalue weighted by Gasteiger charge is 2.11. The van der Waals surface area contributed by atoms with E-state index in [2.05, 4.69) is 60.6 Å². The number of benzene rings is 2. The lowest BCUT2D eigenvalue weighted by Gasteiger charge is -2.16.